The minimum Gasteiger partial charge on any atom is -0.494 e. The first-order valence-electron chi connectivity index (χ1n) is 7.32. The Morgan fingerprint density at radius 1 is 1.14 bits per heavy atom. The SMILES string of the molecule is CCCOc1ccc(C(=O)Nc2cc(C)c(I)cc2C)cc1. The highest BCUT2D eigenvalue weighted by Crippen LogP contribution is 2.22. The van der Waals surface area contributed by atoms with Crippen molar-refractivity contribution in [2.24, 2.45) is 0 Å². The number of benzene rings is 2. The van der Waals surface area contributed by atoms with Crippen molar-refractivity contribution in [3.63, 3.8) is 0 Å². The van der Waals surface area contributed by atoms with E-state index in [1.807, 2.05) is 32.0 Å². The zero-order chi connectivity index (χ0) is 16.1. The molecule has 0 saturated carbocycles. The zero-order valence-electron chi connectivity index (χ0n) is 13.1. The van der Waals surface area contributed by atoms with Gasteiger partial charge in [-0.2, -0.15) is 0 Å². The molecule has 116 valence electrons. The Morgan fingerprint density at radius 3 is 2.45 bits per heavy atom. The van der Waals surface area contributed by atoms with E-state index in [2.05, 4.69) is 40.9 Å². The van der Waals surface area contributed by atoms with Crippen molar-refractivity contribution >= 4 is 34.2 Å². The monoisotopic (exact) mass is 409 g/mol. The summed E-state index contributed by atoms with van der Waals surface area (Å²) in [5, 5.41) is 2.97. The van der Waals surface area contributed by atoms with Crippen LogP contribution in [0, 0.1) is 17.4 Å². The van der Waals surface area contributed by atoms with Crippen molar-refractivity contribution in [3.8, 4) is 5.75 Å². The Hall–Kier alpha value is -1.56. The highest BCUT2D eigenvalue weighted by Gasteiger charge is 2.09. The molecule has 0 aliphatic rings. The number of rotatable bonds is 5. The summed E-state index contributed by atoms with van der Waals surface area (Å²) in [6.07, 6.45) is 0.966. The molecular weight excluding hydrogens is 389 g/mol. The van der Waals surface area contributed by atoms with Gasteiger partial charge in [0.25, 0.3) is 5.91 Å². The van der Waals surface area contributed by atoms with Gasteiger partial charge in [-0.25, -0.2) is 0 Å². The number of amides is 1. The van der Waals surface area contributed by atoms with Crippen molar-refractivity contribution in [1.29, 1.82) is 0 Å². The van der Waals surface area contributed by atoms with Crippen molar-refractivity contribution in [2.45, 2.75) is 27.2 Å². The third-order valence-electron chi connectivity index (χ3n) is 3.34. The van der Waals surface area contributed by atoms with Gasteiger partial charge in [0.05, 0.1) is 6.61 Å². The van der Waals surface area contributed by atoms with Crippen LogP contribution in [0.25, 0.3) is 0 Å². The fourth-order valence-corrected chi connectivity index (χ4v) is 2.66. The average Bonchev–Trinajstić information content (AvgIpc) is 2.51. The second kappa shape index (κ2) is 7.63. The summed E-state index contributed by atoms with van der Waals surface area (Å²) in [7, 11) is 0. The molecule has 3 nitrogen and oxygen atoms in total. The Kier molecular flexibility index (Phi) is 5.83. The van der Waals surface area contributed by atoms with Gasteiger partial charge in [0.15, 0.2) is 0 Å². The molecule has 0 unspecified atom stereocenters. The molecule has 0 radical (unpaired) electrons. The smallest absolute Gasteiger partial charge is 0.255 e. The number of aryl methyl sites for hydroxylation is 2. The molecule has 0 aliphatic carbocycles. The molecule has 4 heteroatoms. The first-order valence-corrected chi connectivity index (χ1v) is 8.40. The molecule has 0 heterocycles. The van der Waals surface area contributed by atoms with Crippen LogP contribution >= 0.6 is 22.6 Å². The molecule has 2 aromatic rings. The van der Waals surface area contributed by atoms with Crippen LogP contribution in [0.15, 0.2) is 36.4 Å². The fraction of sp³-hybridized carbons (Fsp3) is 0.278. The summed E-state index contributed by atoms with van der Waals surface area (Å²) >= 11 is 2.30. The highest BCUT2D eigenvalue weighted by molar-refractivity contribution is 14.1. The number of carbonyl (C=O) groups excluding carboxylic acids is 1. The normalized spacial score (nSPS) is 10.4. The molecule has 1 amide bonds. The predicted molar refractivity (Wildman–Crippen MR) is 98.8 cm³/mol. The minimum absolute atomic E-state index is 0.106. The molecule has 2 aromatic carbocycles. The van der Waals surface area contributed by atoms with Crippen LogP contribution in [0.2, 0.25) is 0 Å². The molecule has 0 aromatic heterocycles. The summed E-state index contributed by atoms with van der Waals surface area (Å²) in [6.45, 7) is 6.79. The molecule has 0 aliphatic heterocycles. The van der Waals surface area contributed by atoms with Gasteiger partial charge in [-0.1, -0.05) is 6.92 Å². The van der Waals surface area contributed by atoms with E-state index >= 15 is 0 Å². The molecule has 1 N–H and O–H groups in total. The first kappa shape index (κ1) is 16.8. The largest absolute Gasteiger partial charge is 0.494 e. The van der Waals surface area contributed by atoms with Crippen LogP contribution < -0.4 is 10.1 Å². The number of hydrogen-bond acceptors (Lipinski definition) is 2. The van der Waals surface area contributed by atoms with Crippen LogP contribution in [-0.4, -0.2) is 12.5 Å². The number of nitrogens with one attached hydrogen (secondary N) is 1. The number of ether oxygens (including phenoxy) is 1. The maximum atomic E-state index is 12.3. The van der Waals surface area contributed by atoms with Gasteiger partial charge in [0.2, 0.25) is 0 Å². The summed E-state index contributed by atoms with van der Waals surface area (Å²) in [6, 6.07) is 11.3. The molecule has 2 rings (SSSR count). The van der Waals surface area contributed by atoms with E-state index in [-0.39, 0.29) is 5.91 Å². The van der Waals surface area contributed by atoms with Crippen LogP contribution in [0.4, 0.5) is 5.69 Å². The number of carbonyl (C=O) groups is 1. The Balaban J connectivity index is 2.10. The van der Waals surface area contributed by atoms with E-state index in [1.165, 1.54) is 3.57 Å². The summed E-state index contributed by atoms with van der Waals surface area (Å²) in [5.74, 6) is 0.686. The maximum Gasteiger partial charge on any atom is 0.255 e. The summed E-state index contributed by atoms with van der Waals surface area (Å²) in [5.41, 5.74) is 3.70. The van der Waals surface area contributed by atoms with Crippen LogP contribution in [0.3, 0.4) is 0 Å². The third-order valence-corrected chi connectivity index (χ3v) is 4.51. The first-order chi connectivity index (χ1) is 10.5. The van der Waals surface area contributed by atoms with Gasteiger partial charge in [0.1, 0.15) is 5.75 Å². The molecule has 0 atom stereocenters. The summed E-state index contributed by atoms with van der Waals surface area (Å²) in [4.78, 5) is 12.3. The molecular formula is C18H20INO2. The summed E-state index contributed by atoms with van der Waals surface area (Å²) < 4.78 is 6.72. The minimum atomic E-state index is -0.106. The lowest BCUT2D eigenvalue weighted by molar-refractivity contribution is 0.102. The van der Waals surface area contributed by atoms with E-state index in [0.29, 0.717) is 12.2 Å². The molecule has 0 bridgehead atoms. The second-order valence-corrected chi connectivity index (χ2v) is 6.41. The van der Waals surface area contributed by atoms with Crippen molar-refractivity contribution in [1.82, 2.24) is 0 Å². The number of anilines is 1. The van der Waals surface area contributed by atoms with E-state index < -0.39 is 0 Å². The van der Waals surface area contributed by atoms with Gasteiger partial charge in [0, 0.05) is 14.8 Å². The van der Waals surface area contributed by atoms with Gasteiger partial charge >= 0.3 is 0 Å². The zero-order valence-corrected chi connectivity index (χ0v) is 15.2. The van der Waals surface area contributed by atoms with Crippen LogP contribution in [0.1, 0.15) is 34.8 Å². The molecule has 22 heavy (non-hydrogen) atoms. The standard InChI is InChI=1S/C18H20INO2/c1-4-9-22-15-7-5-14(6-8-15)18(21)20-17-11-12(2)16(19)10-13(17)3/h5-8,10-11H,4,9H2,1-3H3,(H,20,21). The van der Waals surface area contributed by atoms with Crippen molar-refractivity contribution < 1.29 is 9.53 Å². The third kappa shape index (κ3) is 4.22. The van der Waals surface area contributed by atoms with Crippen molar-refractivity contribution in [2.75, 3.05) is 11.9 Å². The van der Waals surface area contributed by atoms with E-state index in [1.54, 1.807) is 12.1 Å². The van der Waals surface area contributed by atoms with Gasteiger partial charge < -0.3 is 10.1 Å². The number of halogens is 1. The predicted octanol–water partition coefficient (Wildman–Crippen LogP) is 4.95. The maximum absolute atomic E-state index is 12.3. The van der Waals surface area contributed by atoms with Gasteiger partial charge in [-0.05, 0) is 90.4 Å². The lowest BCUT2D eigenvalue weighted by atomic mass is 10.1. The topological polar surface area (TPSA) is 38.3 Å². The van der Waals surface area contributed by atoms with Gasteiger partial charge in [-0.3, -0.25) is 4.79 Å². The molecule has 0 fully saturated rings. The Bertz CT molecular complexity index is 666. The lowest BCUT2D eigenvalue weighted by Crippen LogP contribution is -2.13. The highest BCUT2D eigenvalue weighted by atomic mass is 127. The lowest BCUT2D eigenvalue weighted by Gasteiger charge is -2.11. The van der Waals surface area contributed by atoms with E-state index in [9.17, 15) is 4.79 Å². The number of hydrogen-bond donors (Lipinski definition) is 1. The molecule has 0 spiro atoms. The van der Waals surface area contributed by atoms with Crippen LogP contribution in [0.5, 0.6) is 5.75 Å². The van der Waals surface area contributed by atoms with Crippen LogP contribution in [-0.2, 0) is 0 Å². The molecule has 0 saturated heterocycles. The second-order valence-electron chi connectivity index (χ2n) is 5.24. The average molecular weight is 409 g/mol. The van der Waals surface area contributed by atoms with Gasteiger partial charge in [-0.15, -0.1) is 0 Å². The Labute approximate surface area is 145 Å². The van der Waals surface area contributed by atoms with Crippen molar-refractivity contribution in [3.05, 3.63) is 56.7 Å². The van der Waals surface area contributed by atoms with E-state index in [0.717, 1.165) is 29.0 Å². The fourth-order valence-electron chi connectivity index (χ4n) is 2.03. The Morgan fingerprint density at radius 2 is 1.82 bits per heavy atom. The van der Waals surface area contributed by atoms with E-state index in [4.69, 9.17) is 4.74 Å². The quantitative estimate of drug-likeness (QED) is 0.710.